The molecule has 2 aromatic rings. The van der Waals surface area contributed by atoms with Crippen molar-refractivity contribution in [1.29, 1.82) is 0 Å². The van der Waals surface area contributed by atoms with Gasteiger partial charge in [-0.25, -0.2) is 9.13 Å². The van der Waals surface area contributed by atoms with Gasteiger partial charge in [0.25, 0.3) is 0 Å². The number of anilines is 1. The first-order valence-corrected chi connectivity index (χ1v) is 10.0. The summed E-state index contributed by atoms with van der Waals surface area (Å²) < 4.78 is 4.59. The number of hydrogen-bond donors (Lipinski definition) is 1. The lowest BCUT2D eigenvalue weighted by atomic mass is 9.48. The average Bonchev–Trinajstić information content (AvgIpc) is 3.17. The molecular weight excluding hydrogens is 310 g/mol. The van der Waals surface area contributed by atoms with Gasteiger partial charge in [0.05, 0.1) is 6.54 Å². The molecule has 4 saturated carbocycles. The summed E-state index contributed by atoms with van der Waals surface area (Å²) in [4.78, 5) is 13.5. The minimum absolute atomic E-state index is 0.00369. The van der Waals surface area contributed by atoms with E-state index >= 15 is 0 Å². The van der Waals surface area contributed by atoms with Crippen molar-refractivity contribution < 1.29 is 9.36 Å². The minimum Gasteiger partial charge on any atom is -0.295 e. The zero-order valence-electron chi connectivity index (χ0n) is 14.7. The molecule has 5 aliphatic rings. The van der Waals surface area contributed by atoms with Crippen molar-refractivity contribution in [1.82, 2.24) is 4.57 Å². The van der Waals surface area contributed by atoms with Gasteiger partial charge in [-0.2, -0.15) is 0 Å². The number of ketones is 1. The lowest BCUT2D eigenvalue weighted by Crippen LogP contribution is -2.50. The number of para-hydroxylation sites is 2. The molecule has 2 heterocycles. The van der Waals surface area contributed by atoms with Crippen LogP contribution in [0, 0.1) is 23.2 Å². The second kappa shape index (κ2) is 4.87. The molecule has 1 aromatic heterocycles. The lowest BCUT2D eigenvalue weighted by molar-refractivity contribution is -0.644. The maximum Gasteiger partial charge on any atom is 0.359 e. The van der Waals surface area contributed by atoms with E-state index in [1.807, 2.05) is 0 Å². The highest BCUT2D eigenvalue weighted by molar-refractivity contribution is 5.87. The van der Waals surface area contributed by atoms with Crippen LogP contribution < -0.4 is 9.88 Å². The third-order valence-electron chi connectivity index (χ3n) is 7.52. The fourth-order valence-electron chi connectivity index (χ4n) is 6.91. The second-order valence-electron chi connectivity index (χ2n) is 9.10. The van der Waals surface area contributed by atoms with Crippen LogP contribution in [0.15, 0.2) is 24.3 Å². The zero-order chi connectivity index (χ0) is 16.6. The third-order valence-corrected chi connectivity index (χ3v) is 7.52. The van der Waals surface area contributed by atoms with Crippen molar-refractivity contribution in [3.05, 3.63) is 24.3 Å². The summed E-state index contributed by atoms with van der Waals surface area (Å²) in [6.45, 7) is 2.50. The Hall–Kier alpha value is -1.84. The van der Waals surface area contributed by atoms with E-state index in [0.29, 0.717) is 12.3 Å². The topological polar surface area (TPSA) is 37.9 Å². The largest absolute Gasteiger partial charge is 0.359 e. The quantitative estimate of drug-likeness (QED) is 0.875. The Morgan fingerprint density at radius 1 is 1.12 bits per heavy atom. The van der Waals surface area contributed by atoms with Crippen molar-refractivity contribution in [2.45, 2.75) is 51.6 Å². The predicted molar refractivity (Wildman–Crippen MR) is 96.2 cm³/mol. The number of imidazole rings is 1. The van der Waals surface area contributed by atoms with Crippen LogP contribution in [0.2, 0.25) is 0 Å². The monoisotopic (exact) mass is 336 g/mol. The number of nitrogens with one attached hydrogen (secondary N) is 1. The summed E-state index contributed by atoms with van der Waals surface area (Å²) >= 11 is 0. The van der Waals surface area contributed by atoms with Crippen LogP contribution >= 0.6 is 0 Å². The summed E-state index contributed by atoms with van der Waals surface area (Å²) in [5.41, 5.74) is 2.44. The van der Waals surface area contributed by atoms with E-state index in [4.69, 9.17) is 0 Å². The highest BCUT2D eigenvalue weighted by Gasteiger charge is 2.54. The van der Waals surface area contributed by atoms with Gasteiger partial charge in [-0.3, -0.25) is 10.1 Å². The average molecular weight is 336 g/mol. The fraction of sp³-hybridized carbons (Fsp3) is 0.619. The van der Waals surface area contributed by atoms with Crippen LogP contribution in [0.5, 0.6) is 0 Å². The molecule has 0 atom stereocenters. The molecule has 0 unspecified atom stereocenters. The highest BCUT2D eigenvalue weighted by atomic mass is 16.1. The number of carbonyl (C=O) groups excluding carboxylic acids is 1. The number of rotatable bonds is 3. The molecular formula is C21H26N3O+. The van der Waals surface area contributed by atoms with Crippen LogP contribution in [-0.2, 0) is 17.9 Å². The van der Waals surface area contributed by atoms with Gasteiger partial charge in [-0.1, -0.05) is 12.1 Å². The van der Waals surface area contributed by atoms with Gasteiger partial charge in [0.1, 0.15) is 24.1 Å². The number of aromatic nitrogens is 2. The molecule has 1 aromatic carbocycles. The van der Waals surface area contributed by atoms with Gasteiger partial charge in [-0.05, 0) is 68.4 Å². The van der Waals surface area contributed by atoms with E-state index in [0.717, 1.165) is 36.8 Å². The number of carbonyl (C=O) groups is 1. The van der Waals surface area contributed by atoms with Crippen molar-refractivity contribution in [3.8, 4) is 0 Å². The molecule has 4 bridgehead atoms. The molecule has 4 aliphatic carbocycles. The summed E-state index contributed by atoms with van der Waals surface area (Å²) in [7, 11) is 0. The molecule has 0 saturated heterocycles. The lowest BCUT2D eigenvalue weighted by Gasteiger charge is -2.55. The SMILES string of the molecule is O=C(Cn1c2[n+](c3ccccc31)CCN2)C12CC3CC(CC(C3)C1)C2. The van der Waals surface area contributed by atoms with E-state index in [1.165, 1.54) is 49.6 Å². The maximum absolute atomic E-state index is 13.5. The van der Waals surface area contributed by atoms with Crippen LogP contribution in [-0.4, -0.2) is 16.9 Å². The van der Waals surface area contributed by atoms with Gasteiger partial charge in [0.2, 0.25) is 0 Å². The standard InChI is InChI=1S/C21H25N3O/c25-19(21-10-14-7-15(11-21)9-16(8-14)12-21)13-24-18-4-2-1-3-17(18)23-6-5-22-20(23)24/h1-4,14-16H,5-13H2/p+1. The van der Waals surface area contributed by atoms with Gasteiger partial charge in [0.15, 0.2) is 5.78 Å². The molecule has 130 valence electrons. The van der Waals surface area contributed by atoms with Crippen LogP contribution in [0.1, 0.15) is 38.5 Å². The third kappa shape index (κ3) is 1.94. The van der Waals surface area contributed by atoms with Crippen molar-refractivity contribution in [2.75, 3.05) is 11.9 Å². The van der Waals surface area contributed by atoms with E-state index in [2.05, 4.69) is 38.7 Å². The summed E-state index contributed by atoms with van der Waals surface area (Å²) in [6.07, 6.45) is 7.68. The van der Waals surface area contributed by atoms with E-state index < -0.39 is 0 Å². The molecule has 1 aliphatic heterocycles. The van der Waals surface area contributed by atoms with Crippen LogP contribution in [0.25, 0.3) is 11.0 Å². The first-order valence-electron chi connectivity index (χ1n) is 10.0. The normalized spacial score (nSPS) is 35.1. The number of Topliss-reactive ketones (excluding diaryl/α,β-unsaturated/α-hetero) is 1. The predicted octanol–water partition coefficient (Wildman–Crippen LogP) is 3.14. The molecule has 7 rings (SSSR count). The fourth-order valence-corrected chi connectivity index (χ4v) is 6.91. The van der Waals surface area contributed by atoms with Gasteiger partial charge in [-0.15, -0.1) is 0 Å². The smallest absolute Gasteiger partial charge is 0.295 e. The van der Waals surface area contributed by atoms with Gasteiger partial charge in [0, 0.05) is 5.41 Å². The summed E-state index contributed by atoms with van der Waals surface area (Å²) in [5, 5.41) is 3.51. The molecule has 0 spiro atoms. The van der Waals surface area contributed by atoms with Crippen LogP contribution in [0.4, 0.5) is 5.95 Å². The van der Waals surface area contributed by atoms with E-state index in [1.54, 1.807) is 0 Å². The van der Waals surface area contributed by atoms with E-state index in [-0.39, 0.29) is 5.41 Å². The summed E-state index contributed by atoms with van der Waals surface area (Å²) in [6, 6.07) is 8.52. The van der Waals surface area contributed by atoms with Gasteiger partial charge >= 0.3 is 5.95 Å². The molecule has 4 fully saturated rings. The minimum atomic E-state index is -0.00369. The summed E-state index contributed by atoms with van der Waals surface area (Å²) in [5.74, 6) is 4.11. The maximum atomic E-state index is 13.5. The number of hydrogen-bond acceptors (Lipinski definition) is 2. The Morgan fingerprint density at radius 3 is 2.52 bits per heavy atom. The van der Waals surface area contributed by atoms with Gasteiger partial charge < -0.3 is 0 Å². The Kier molecular flexibility index (Phi) is 2.79. The number of fused-ring (bicyclic) bond motifs is 3. The number of benzene rings is 1. The molecule has 25 heavy (non-hydrogen) atoms. The van der Waals surface area contributed by atoms with Crippen molar-refractivity contribution >= 4 is 22.8 Å². The molecule has 4 nitrogen and oxygen atoms in total. The molecule has 1 N–H and O–H groups in total. The van der Waals surface area contributed by atoms with Crippen molar-refractivity contribution in [3.63, 3.8) is 0 Å². The van der Waals surface area contributed by atoms with Crippen LogP contribution in [0.3, 0.4) is 0 Å². The second-order valence-corrected chi connectivity index (χ2v) is 9.10. The Labute approximate surface area is 148 Å². The first kappa shape index (κ1) is 14.3. The Morgan fingerprint density at radius 2 is 1.80 bits per heavy atom. The zero-order valence-corrected chi connectivity index (χ0v) is 14.7. The first-order chi connectivity index (χ1) is 12.2. The van der Waals surface area contributed by atoms with E-state index in [9.17, 15) is 4.79 Å². The molecule has 0 radical (unpaired) electrons. The Bertz CT molecular complexity index is 845. The highest BCUT2D eigenvalue weighted by Crippen LogP contribution is 2.60. The molecule has 4 heteroatoms. The van der Waals surface area contributed by atoms with Crippen molar-refractivity contribution in [2.24, 2.45) is 23.2 Å². The molecule has 0 amide bonds. The Balaban J connectivity index is 1.39. The number of nitrogens with zero attached hydrogens (tertiary/aromatic N) is 2.